The minimum Gasteiger partial charge on any atom is -0.354 e. The lowest BCUT2D eigenvalue weighted by Crippen LogP contribution is -2.47. The number of hydrogen-bond acceptors (Lipinski definition) is 6. The summed E-state index contributed by atoms with van der Waals surface area (Å²) < 4.78 is 0. The van der Waals surface area contributed by atoms with Gasteiger partial charge in [0.25, 0.3) is 0 Å². The van der Waals surface area contributed by atoms with E-state index in [2.05, 4.69) is 56.1 Å². The Morgan fingerprint density at radius 2 is 1.43 bits per heavy atom. The van der Waals surface area contributed by atoms with E-state index in [0.29, 0.717) is 0 Å². The van der Waals surface area contributed by atoms with E-state index >= 15 is 0 Å². The van der Waals surface area contributed by atoms with Gasteiger partial charge in [0.05, 0.1) is 0 Å². The van der Waals surface area contributed by atoms with Crippen LogP contribution in [0.4, 0.5) is 11.6 Å². The Hall–Kier alpha value is -2.67. The number of amides is 1. The quantitative estimate of drug-likeness (QED) is 0.731. The van der Waals surface area contributed by atoms with E-state index in [4.69, 9.17) is 4.98 Å². The van der Waals surface area contributed by atoms with Gasteiger partial charge < -0.3 is 14.7 Å². The van der Waals surface area contributed by atoms with E-state index in [-0.39, 0.29) is 0 Å². The van der Waals surface area contributed by atoms with Crippen LogP contribution in [0.1, 0.15) is 11.4 Å². The molecular weight excluding hydrogens is 352 g/mol. The van der Waals surface area contributed by atoms with E-state index in [0.717, 1.165) is 82.8 Å². The van der Waals surface area contributed by atoms with Gasteiger partial charge >= 0.3 is 0 Å². The van der Waals surface area contributed by atoms with Crippen molar-refractivity contribution in [2.75, 3.05) is 62.2 Å². The van der Waals surface area contributed by atoms with Gasteiger partial charge in [-0.1, -0.05) is 30.3 Å². The number of nitrogens with zero attached hydrogens (tertiary/aromatic N) is 6. The smallest absolute Gasteiger partial charge is 0.209 e. The maximum Gasteiger partial charge on any atom is 0.209 e. The van der Waals surface area contributed by atoms with Crippen molar-refractivity contribution in [3.8, 4) is 0 Å². The summed E-state index contributed by atoms with van der Waals surface area (Å²) in [6.07, 6.45) is 0.933. The van der Waals surface area contributed by atoms with Gasteiger partial charge in [-0.15, -0.1) is 0 Å². The van der Waals surface area contributed by atoms with Crippen LogP contribution in [0, 0.1) is 6.92 Å². The van der Waals surface area contributed by atoms with Gasteiger partial charge in [0, 0.05) is 65.0 Å². The molecule has 2 saturated heterocycles. The minimum atomic E-state index is 0.750. The third-order valence-corrected chi connectivity index (χ3v) is 5.54. The highest BCUT2D eigenvalue weighted by Gasteiger charge is 2.22. The molecule has 2 fully saturated rings. The van der Waals surface area contributed by atoms with Crippen molar-refractivity contribution in [2.45, 2.75) is 13.5 Å². The number of anilines is 2. The first kappa shape index (κ1) is 18.7. The monoisotopic (exact) mass is 380 g/mol. The lowest BCUT2D eigenvalue weighted by atomic mass is 10.2. The molecule has 1 aromatic heterocycles. The summed E-state index contributed by atoms with van der Waals surface area (Å²) >= 11 is 0. The van der Waals surface area contributed by atoms with Crippen molar-refractivity contribution in [3.05, 3.63) is 47.8 Å². The SMILES string of the molecule is Cc1nc(N2CCN(C=O)CC2)cc(N2CCN(Cc3ccccc3)CC2)n1. The van der Waals surface area contributed by atoms with Crippen LogP contribution in [0.5, 0.6) is 0 Å². The van der Waals surface area contributed by atoms with Crippen molar-refractivity contribution < 1.29 is 4.79 Å². The molecule has 7 nitrogen and oxygen atoms in total. The molecule has 1 aromatic carbocycles. The molecule has 0 spiro atoms. The van der Waals surface area contributed by atoms with Gasteiger partial charge in [0.2, 0.25) is 6.41 Å². The van der Waals surface area contributed by atoms with E-state index in [1.165, 1.54) is 5.56 Å². The molecule has 148 valence electrons. The third-order valence-electron chi connectivity index (χ3n) is 5.54. The second-order valence-electron chi connectivity index (χ2n) is 7.51. The fourth-order valence-corrected chi connectivity index (χ4v) is 3.89. The average molecular weight is 380 g/mol. The van der Waals surface area contributed by atoms with Gasteiger partial charge in [0.1, 0.15) is 17.5 Å². The molecular formula is C21H28N6O. The number of benzene rings is 1. The highest BCUT2D eigenvalue weighted by Crippen LogP contribution is 2.22. The summed E-state index contributed by atoms with van der Waals surface area (Å²) in [6, 6.07) is 12.8. The Labute approximate surface area is 166 Å². The van der Waals surface area contributed by atoms with Crippen LogP contribution in [0.25, 0.3) is 0 Å². The zero-order valence-corrected chi connectivity index (χ0v) is 16.5. The van der Waals surface area contributed by atoms with E-state index in [9.17, 15) is 4.79 Å². The zero-order chi connectivity index (χ0) is 19.3. The van der Waals surface area contributed by atoms with Crippen LogP contribution < -0.4 is 9.80 Å². The summed E-state index contributed by atoms with van der Waals surface area (Å²) in [5.74, 6) is 2.79. The van der Waals surface area contributed by atoms with Crippen LogP contribution in [0.3, 0.4) is 0 Å². The van der Waals surface area contributed by atoms with Crippen LogP contribution in [0.2, 0.25) is 0 Å². The van der Waals surface area contributed by atoms with Gasteiger partial charge in [-0.05, 0) is 12.5 Å². The zero-order valence-electron chi connectivity index (χ0n) is 16.5. The summed E-state index contributed by atoms with van der Waals surface area (Å²) in [7, 11) is 0. The lowest BCUT2D eigenvalue weighted by molar-refractivity contribution is -0.118. The van der Waals surface area contributed by atoms with Crippen molar-refractivity contribution >= 4 is 18.0 Å². The highest BCUT2D eigenvalue weighted by atomic mass is 16.1. The van der Waals surface area contributed by atoms with E-state index < -0.39 is 0 Å². The third kappa shape index (κ3) is 4.42. The Morgan fingerprint density at radius 1 is 0.857 bits per heavy atom. The molecule has 2 aliphatic heterocycles. The number of rotatable bonds is 5. The number of carbonyl (C=O) groups is 1. The summed E-state index contributed by atoms with van der Waals surface area (Å²) in [4.78, 5) is 29.2. The molecule has 0 N–H and O–H groups in total. The molecule has 28 heavy (non-hydrogen) atoms. The van der Waals surface area contributed by atoms with Crippen LogP contribution in [0.15, 0.2) is 36.4 Å². The van der Waals surface area contributed by atoms with Crippen molar-refractivity contribution in [2.24, 2.45) is 0 Å². The molecule has 0 bridgehead atoms. The Balaban J connectivity index is 1.38. The number of piperazine rings is 2. The number of hydrogen-bond donors (Lipinski definition) is 0. The van der Waals surface area contributed by atoms with E-state index in [1.54, 1.807) is 0 Å². The van der Waals surface area contributed by atoms with Crippen LogP contribution >= 0.6 is 0 Å². The molecule has 0 unspecified atom stereocenters. The second-order valence-corrected chi connectivity index (χ2v) is 7.51. The summed E-state index contributed by atoms with van der Waals surface area (Å²) in [5.41, 5.74) is 1.37. The summed E-state index contributed by atoms with van der Waals surface area (Å²) in [6.45, 7) is 10.1. The molecule has 2 aromatic rings. The normalized spacial score (nSPS) is 18.4. The highest BCUT2D eigenvalue weighted by molar-refractivity contribution is 5.53. The molecule has 3 heterocycles. The van der Waals surface area contributed by atoms with Gasteiger partial charge in [-0.25, -0.2) is 9.97 Å². The van der Waals surface area contributed by atoms with Crippen molar-refractivity contribution in [1.29, 1.82) is 0 Å². The fourth-order valence-electron chi connectivity index (χ4n) is 3.89. The van der Waals surface area contributed by atoms with Crippen molar-refractivity contribution in [1.82, 2.24) is 19.8 Å². The standard InChI is InChI=1S/C21H28N6O/c1-18-22-20(15-21(23-18)27-13-9-25(17-28)10-14-27)26-11-7-24(8-12-26)16-19-5-3-2-4-6-19/h2-6,15,17H,7-14,16H2,1H3. The first-order valence-corrected chi connectivity index (χ1v) is 10.0. The lowest BCUT2D eigenvalue weighted by Gasteiger charge is -2.37. The number of aromatic nitrogens is 2. The largest absolute Gasteiger partial charge is 0.354 e. The van der Waals surface area contributed by atoms with Crippen LogP contribution in [-0.2, 0) is 11.3 Å². The molecule has 7 heteroatoms. The summed E-state index contributed by atoms with van der Waals surface area (Å²) in [5, 5.41) is 0. The first-order chi connectivity index (χ1) is 13.7. The Bertz CT molecular complexity index is 783. The average Bonchev–Trinajstić information content (AvgIpc) is 2.75. The first-order valence-electron chi connectivity index (χ1n) is 10.0. The number of carbonyl (C=O) groups excluding carboxylic acids is 1. The molecule has 0 saturated carbocycles. The van der Waals surface area contributed by atoms with Gasteiger partial charge in [-0.3, -0.25) is 9.69 Å². The van der Waals surface area contributed by atoms with Crippen LogP contribution in [-0.4, -0.2) is 78.5 Å². The van der Waals surface area contributed by atoms with Crippen molar-refractivity contribution in [3.63, 3.8) is 0 Å². The molecule has 0 aliphatic carbocycles. The van der Waals surface area contributed by atoms with Gasteiger partial charge in [-0.2, -0.15) is 0 Å². The predicted molar refractivity (Wildman–Crippen MR) is 111 cm³/mol. The minimum absolute atomic E-state index is 0.750. The van der Waals surface area contributed by atoms with E-state index in [1.807, 2.05) is 11.8 Å². The van der Waals surface area contributed by atoms with Gasteiger partial charge in [0.15, 0.2) is 0 Å². The molecule has 0 radical (unpaired) electrons. The second kappa shape index (κ2) is 8.56. The molecule has 0 atom stereocenters. The Kier molecular flexibility index (Phi) is 5.71. The number of aryl methyl sites for hydroxylation is 1. The predicted octanol–water partition coefficient (Wildman–Crippen LogP) is 1.39. The molecule has 2 aliphatic rings. The molecule has 4 rings (SSSR count). The topological polar surface area (TPSA) is 55.8 Å². The maximum absolute atomic E-state index is 10.9. The molecule has 1 amide bonds. The maximum atomic E-state index is 10.9. The fraction of sp³-hybridized carbons (Fsp3) is 0.476. The Morgan fingerprint density at radius 3 is 2.00 bits per heavy atom.